The Morgan fingerprint density at radius 3 is 1.27 bits per heavy atom. The van der Waals surface area contributed by atoms with Gasteiger partial charge in [-0.25, -0.2) is 4.79 Å². The molecule has 2 amide bonds. The maximum atomic E-state index is 11.9. The summed E-state index contributed by atoms with van der Waals surface area (Å²) in [4.78, 5) is 116. The van der Waals surface area contributed by atoms with Crippen molar-refractivity contribution in [1.82, 2.24) is 24.8 Å². The summed E-state index contributed by atoms with van der Waals surface area (Å²) in [5.41, 5.74) is 28.6. The molecule has 17 rings (SSSR count). The summed E-state index contributed by atoms with van der Waals surface area (Å²) in [6.45, 7) is 40.7. The number of carbonyl (C=O) groups excluding carboxylic acids is 8. The molecule has 9 aromatic carbocycles. The number of H-pyrrole nitrogens is 1. The van der Waals surface area contributed by atoms with Crippen LogP contribution < -0.4 is 53.1 Å². The lowest BCUT2D eigenvalue weighted by molar-refractivity contribution is -0.193. The minimum Gasteiger partial charge on any atom is -0.392 e. The number of fused-ring (bicyclic) bond motifs is 8. The predicted octanol–water partition coefficient (Wildman–Crippen LogP) is 20.6. The molecule has 2 unspecified atom stereocenters. The van der Waals surface area contributed by atoms with Crippen LogP contribution >= 0.6 is 0 Å². The number of aliphatic hydroxyl groups excluding tert-OH is 2. The van der Waals surface area contributed by atoms with Gasteiger partial charge >= 0.3 is 24.5 Å². The summed E-state index contributed by atoms with van der Waals surface area (Å²) in [5, 5.41) is 26.4. The first-order valence-electron chi connectivity index (χ1n) is 48.1. The third kappa shape index (κ3) is 48.1. The number of Topliss-reactive ketones (excluding diaryl/α,β-unsaturated/α-hetero) is 1. The summed E-state index contributed by atoms with van der Waals surface area (Å²) < 4.78 is 49.0. The fourth-order valence-corrected chi connectivity index (χ4v) is 14.3. The van der Waals surface area contributed by atoms with E-state index >= 15 is 0 Å². The van der Waals surface area contributed by atoms with E-state index in [1.807, 2.05) is 301 Å². The number of para-hydroxylation sites is 6. The van der Waals surface area contributed by atoms with E-state index in [0.29, 0.717) is 6.42 Å². The Hall–Kier alpha value is -13.2. The topological polar surface area (TPSA) is 394 Å². The Bertz CT molecular complexity index is 5620. The average molecular weight is 1940 g/mol. The summed E-state index contributed by atoms with van der Waals surface area (Å²) in [5.74, 6) is 0.267. The van der Waals surface area contributed by atoms with Gasteiger partial charge in [0.25, 0.3) is 10.1 Å². The van der Waals surface area contributed by atoms with E-state index in [1.54, 1.807) is 37.6 Å². The molecule has 12 aromatic rings. The highest BCUT2D eigenvalue weighted by atomic mass is 32.2. The van der Waals surface area contributed by atoms with Gasteiger partial charge < -0.3 is 61.1 Å². The van der Waals surface area contributed by atoms with Crippen LogP contribution in [0.25, 0.3) is 32.7 Å². The zero-order chi connectivity index (χ0) is 108. The molecule has 0 spiro atoms. The summed E-state index contributed by atoms with van der Waals surface area (Å²) in [7, 11) is 8.23. The number of halogens is 1. The lowest BCUT2D eigenvalue weighted by atomic mass is 9.97. The predicted molar refractivity (Wildman–Crippen MR) is 570 cm³/mol. The van der Waals surface area contributed by atoms with E-state index in [0.717, 1.165) is 132 Å². The number of nitrogens with zero attached hydrogens (tertiary/aromatic N) is 5. The Labute approximate surface area is 827 Å². The summed E-state index contributed by atoms with van der Waals surface area (Å²) >= 11 is 0. The summed E-state index contributed by atoms with van der Waals surface area (Å²) in [6, 6.07) is 71.5. The van der Waals surface area contributed by atoms with Crippen molar-refractivity contribution in [2.45, 2.75) is 219 Å². The maximum absolute atomic E-state index is 11.9. The molecule has 5 aliphatic rings. The fraction of sp³-hybridized carbons (Fsp3) is 0.387. The first-order valence-corrected chi connectivity index (χ1v) is 48.8. The number of aromatic amines is 1. The minimum absolute atomic E-state index is 0.0666. The highest BCUT2D eigenvalue weighted by Gasteiger charge is 2.25. The number of benzene rings is 9. The van der Waals surface area contributed by atoms with Crippen molar-refractivity contribution in [3.05, 3.63) is 329 Å². The highest BCUT2D eigenvalue weighted by molar-refractivity contribution is 7.85. The standard InChI is InChI=1S/C12H17N3O.C12H13NO.C11H11NO.C10H14N2.C10H11NO.C10H9NO.2C9H10O.C7H8O3S.8C2H6.CH3F.CH5N.3CO2/c1-13-12(16)14-10-7-8-15(2)11-6-4-3-5-9(10)11;1-3-9-8-13(2)11-7-5-4-6-10(11)12(9)14;1-2-8-7-12-10-6-4-3-5-9(10)11(8)13;1-12-7-6-9(11)8-4-2-3-5-10(8)12;2*1-11-7-6-10(12)8-4-2-3-5-9(8)11;2*10-9-5-7-3-1-2-4-8(7)6-9;1-6-2-4-7(5-3-6)11(8,9)10;10*1-2;3*2-1-3/h3-6,10H,7-8H2,1-2H3,(H2,13,14,16);4-8H,3H2,1-2H3;3-7H,2H2,1H3,(H,12,13);2-5,9H,6-7,11H2,1H3;2-5H,6-7H2,1H3;2-7H,1H3;2*1-4,9-10H,5-6H2;2-5H,1H3,(H,8,9,10);8*1-2H3;1H3;2H2,1H3;;;/i;;;;;;;;;;;;;;;;;1D;;;;. The van der Waals surface area contributed by atoms with Crippen molar-refractivity contribution in [3.63, 3.8) is 0 Å². The zero-order valence-corrected chi connectivity index (χ0v) is 87.7. The molecule has 0 fully saturated rings. The van der Waals surface area contributed by atoms with E-state index in [9.17, 15) is 47.0 Å². The molecule has 26 nitrogen and oxygen atoms in total. The van der Waals surface area contributed by atoms with Gasteiger partial charge in [-0.3, -0.25) is 28.1 Å². The average Bonchev–Trinajstić information content (AvgIpc) is 1.01. The molecule has 0 radical (unpaired) electrons. The quantitative estimate of drug-likeness (QED) is 0.0759. The van der Waals surface area contributed by atoms with Crippen LogP contribution in [-0.2, 0) is 91.5 Å². The van der Waals surface area contributed by atoms with Crippen LogP contribution in [0.15, 0.2) is 262 Å². The number of urea groups is 1. The number of nitrogens with two attached hydrogens (primary N) is 2. The van der Waals surface area contributed by atoms with Crippen LogP contribution in [0, 0.1) is 6.92 Å². The van der Waals surface area contributed by atoms with Gasteiger partial charge in [-0.15, -0.1) is 0 Å². The van der Waals surface area contributed by atoms with Gasteiger partial charge in [-0.2, -0.15) is 37.2 Å². The molecule has 3 aliphatic heterocycles. The second kappa shape index (κ2) is 81.9. The van der Waals surface area contributed by atoms with Crippen LogP contribution in [0.5, 0.6) is 0 Å². The van der Waals surface area contributed by atoms with E-state index in [-0.39, 0.29) is 75.7 Å². The molecular weight excluding hydrogens is 1780 g/mol. The molecule has 2 atom stereocenters. The molecule has 0 saturated carbocycles. The van der Waals surface area contributed by atoms with E-state index < -0.39 is 17.3 Å². The van der Waals surface area contributed by atoms with E-state index in [1.165, 1.54) is 63.9 Å². The normalized spacial score (nSPS) is 12.5. The maximum Gasteiger partial charge on any atom is 0.373 e. The zero-order valence-electron chi connectivity index (χ0n) is 87.9. The van der Waals surface area contributed by atoms with Gasteiger partial charge in [-0.1, -0.05) is 276 Å². The number of aliphatic hydroxyl groups is 2. The number of pyridine rings is 3. The number of nitrogens with one attached hydrogen (secondary N) is 3. The van der Waals surface area contributed by atoms with Gasteiger partial charge in [-0.05, 0) is 172 Å². The summed E-state index contributed by atoms with van der Waals surface area (Å²) in [6.07, 6.45) is 13.6. The molecule has 139 heavy (non-hydrogen) atoms. The molecule has 10 N–H and O–H groups in total. The molecule has 6 heterocycles. The van der Waals surface area contributed by atoms with Crippen LogP contribution in [0.2, 0.25) is 0 Å². The Morgan fingerprint density at radius 2 is 0.842 bits per heavy atom. The molecule has 2 aliphatic carbocycles. The lowest BCUT2D eigenvalue weighted by Crippen LogP contribution is -2.40. The molecule has 3 aromatic heterocycles. The second-order valence-electron chi connectivity index (χ2n) is 28.0. The molecule has 0 bridgehead atoms. The number of carbonyl (C=O) groups is 2. The largest absolute Gasteiger partial charge is 0.392 e. The SMILES string of the molecule is CC.CC.CC.CC.CC.CC.CC.CC.CCc1c[nH]c2ccccc2c1=O.CCc1cn(C)c2ccccc2c1=O.CN.CN1CCC(=O)c2ccccc21.CN1CCC(N)c2ccccc21.CNC(=O)NC1CCN(C)c2ccccc21.Cc1ccc(S(=O)(=O)O)cc1.Cn1ccc(=O)c2ccccc21.O=C=O.O=C=O.O=C=O.OC1Cc2ccccc2C1.OC1Cc2ccccc2C1.[2H]CF. The van der Waals surface area contributed by atoms with Crippen LogP contribution in [-0.4, -0.2) is 142 Å². The van der Waals surface area contributed by atoms with Crippen LogP contribution in [0.3, 0.4) is 0 Å². The second-order valence-corrected chi connectivity index (χ2v) is 29.5. The number of ketones is 1. The van der Waals surface area contributed by atoms with Crippen molar-refractivity contribution in [2.75, 3.05) is 76.7 Å². The Kier molecular flexibility index (Phi) is 77.8. The third-order valence-corrected chi connectivity index (χ3v) is 20.9. The van der Waals surface area contributed by atoms with Crippen molar-refractivity contribution in [2.24, 2.45) is 25.6 Å². The number of rotatable bonds is 4. The molecule has 0 saturated heterocycles. The lowest BCUT2D eigenvalue weighted by Gasteiger charge is -2.33. The first-order chi connectivity index (χ1) is 67.5. The van der Waals surface area contributed by atoms with Gasteiger partial charge in [0, 0.05) is 154 Å². The van der Waals surface area contributed by atoms with Crippen molar-refractivity contribution in [3.8, 4) is 0 Å². The first kappa shape index (κ1) is 132. The number of alkyl halides is 1. The smallest absolute Gasteiger partial charge is 0.373 e. The van der Waals surface area contributed by atoms with Crippen LogP contribution in [0.4, 0.5) is 26.2 Å². The number of amides is 2. The fourth-order valence-electron chi connectivity index (χ4n) is 13.8. The minimum atomic E-state index is -4.02. The van der Waals surface area contributed by atoms with Gasteiger partial charge in [0.15, 0.2) is 22.1 Å². The Morgan fingerprint density at radius 1 is 0.482 bits per heavy atom. The van der Waals surface area contributed by atoms with Gasteiger partial charge in [0.05, 0.1) is 42.7 Å². The van der Waals surface area contributed by atoms with Gasteiger partial charge in [0.1, 0.15) is 0 Å². The van der Waals surface area contributed by atoms with Gasteiger partial charge in [0.2, 0.25) is 0 Å². The van der Waals surface area contributed by atoms with Crippen molar-refractivity contribution < 1.29 is 67.3 Å². The number of anilines is 3. The number of aryl methyl sites for hydroxylation is 5. The van der Waals surface area contributed by atoms with Crippen LogP contribution in [0.1, 0.15) is 218 Å². The number of aromatic nitrogens is 3. The monoisotopic (exact) mass is 1940 g/mol. The van der Waals surface area contributed by atoms with E-state index in [2.05, 4.69) is 111 Å². The number of hydrogen-bond acceptors (Lipinski definition) is 20. The van der Waals surface area contributed by atoms with Crippen molar-refractivity contribution in [1.29, 1.82) is 0 Å². The number of hydrogen-bond donors (Lipinski definition) is 8. The molecule has 28 heteroatoms. The molecule has 762 valence electrons. The third-order valence-electron chi connectivity index (χ3n) is 20.0. The van der Waals surface area contributed by atoms with Crippen molar-refractivity contribution >= 4 is 90.2 Å². The Balaban J connectivity index is -0.000000472. The highest BCUT2D eigenvalue weighted by Crippen LogP contribution is 2.34. The van der Waals surface area contributed by atoms with E-state index in [4.69, 9.17) is 40.4 Å². The molecular formula is C111H159FN10O16S.